The van der Waals surface area contributed by atoms with Crippen LogP contribution in [0.1, 0.15) is 36.5 Å². The predicted molar refractivity (Wildman–Crippen MR) is 92.4 cm³/mol. The average molecular weight is 351 g/mol. The molecule has 2 heterocycles. The van der Waals surface area contributed by atoms with Crippen molar-refractivity contribution in [2.24, 2.45) is 0 Å². The fraction of sp³-hybridized carbons (Fsp3) is 0.588. The lowest BCUT2D eigenvalue weighted by Crippen LogP contribution is -2.52. The van der Waals surface area contributed by atoms with Crippen LogP contribution >= 0.6 is 0 Å². The number of amides is 1. The standard InChI is InChI=1S/C17H25N3O3S/c1-14-13-18-8-11-20(14)17(21)15-6-5-7-16(12-15)24(22,23)19-9-3-2-4-10-19/h5-7,12,14,18H,2-4,8-11,13H2,1H3/t14-/m1/s1. The highest BCUT2D eigenvalue weighted by molar-refractivity contribution is 7.89. The van der Waals surface area contributed by atoms with Crippen molar-refractivity contribution in [2.75, 3.05) is 32.7 Å². The fourth-order valence-corrected chi connectivity index (χ4v) is 4.92. The van der Waals surface area contributed by atoms with Gasteiger partial charge in [0.1, 0.15) is 0 Å². The van der Waals surface area contributed by atoms with E-state index >= 15 is 0 Å². The van der Waals surface area contributed by atoms with Gasteiger partial charge in [-0.3, -0.25) is 4.79 Å². The highest BCUT2D eigenvalue weighted by Gasteiger charge is 2.28. The van der Waals surface area contributed by atoms with Crippen LogP contribution in [0.3, 0.4) is 0 Å². The van der Waals surface area contributed by atoms with Gasteiger partial charge in [0.05, 0.1) is 4.90 Å². The molecular formula is C17H25N3O3S. The van der Waals surface area contributed by atoms with Crippen molar-refractivity contribution in [1.82, 2.24) is 14.5 Å². The molecule has 0 unspecified atom stereocenters. The number of sulfonamides is 1. The molecule has 0 aromatic heterocycles. The Morgan fingerprint density at radius 2 is 1.92 bits per heavy atom. The fourth-order valence-electron chi connectivity index (χ4n) is 3.35. The van der Waals surface area contributed by atoms with Crippen molar-refractivity contribution in [1.29, 1.82) is 0 Å². The molecule has 2 saturated heterocycles. The molecule has 3 rings (SSSR count). The zero-order valence-corrected chi connectivity index (χ0v) is 14.9. The first kappa shape index (κ1) is 17.4. The number of carbonyl (C=O) groups is 1. The summed E-state index contributed by atoms with van der Waals surface area (Å²) in [6.45, 7) is 5.30. The summed E-state index contributed by atoms with van der Waals surface area (Å²) < 4.78 is 27.1. The second kappa shape index (κ2) is 7.21. The van der Waals surface area contributed by atoms with Crippen LogP contribution in [0.15, 0.2) is 29.2 Å². The van der Waals surface area contributed by atoms with E-state index in [1.165, 1.54) is 10.4 Å². The van der Waals surface area contributed by atoms with Crippen LogP contribution in [-0.4, -0.2) is 62.3 Å². The van der Waals surface area contributed by atoms with Gasteiger partial charge in [0.2, 0.25) is 10.0 Å². The van der Waals surface area contributed by atoms with Crippen LogP contribution in [0.2, 0.25) is 0 Å². The van der Waals surface area contributed by atoms with Crippen molar-refractivity contribution in [3.8, 4) is 0 Å². The maximum Gasteiger partial charge on any atom is 0.254 e. The van der Waals surface area contributed by atoms with Crippen molar-refractivity contribution >= 4 is 15.9 Å². The molecule has 2 fully saturated rings. The molecule has 0 bridgehead atoms. The Morgan fingerprint density at radius 3 is 2.62 bits per heavy atom. The third-order valence-electron chi connectivity index (χ3n) is 4.80. The number of benzene rings is 1. The third kappa shape index (κ3) is 3.48. The van der Waals surface area contributed by atoms with Gasteiger partial charge in [-0.1, -0.05) is 12.5 Å². The Hall–Kier alpha value is -1.44. The summed E-state index contributed by atoms with van der Waals surface area (Å²) in [6, 6.07) is 6.58. The molecule has 7 heteroatoms. The minimum absolute atomic E-state index is 0.0975. The molecule has 0 radical (unpaired) electrons. The van der Waals surface area contributed by atoms with E-state index in [0.29, 0.717) is 25.2 Å². The maximum atomic E-state index is 12.8. The van der Waals surface area contributed by atoms with Crippen molar-refractivity contribution < 1.29 is 13.2 Å². The molecule has 0 aliphatic carbocycles. The molecule has 0 spiro atoms. The summed E-state index contributed by atoms with van der Waals surface area (Å²) in [4.78, 5) is 14.8. The molecule has 132 valence electrons. The second-order valence-electron chi connectivity index (χ2n) is 6.54. The van der Waals surface area contributed by atoms with Crippen molar-refractivity contribution in [3.63, 3.8) is 0 Å². The lowest BCUT2D eigenvalue weighted by molar-refractivity contribution is 0.0655. The van der Waals surface area contributed by atoms with Crippen molar-refractivity contribution in [3.05, 3.63) is 29.8 Å². The topological polar surface area (TPSA) is 69.7 Å². The minimum Gasteiger partial charge on any atom is -0.333 e. The highest BCUT2D eigenvalue weighted by atomic mass is 32.2. The lowest BCUT2D eigenvalue weighted by Gasteiger charge is -2.34. The van der Waals surface area contributed by atoms with Gasteiger partial charge in [-0.15, -0.1) is 0 Å². The SMILES string of the molecule is C[C@@H]1CNCCN1C(=O)c1cccc(S(=O)(=O)N2CCCCC2)c1. The lowest BCUT2D eigenvalue weighted by atomic mass is 10.1. The minimum atomic E-state index is -3.51. The van der Waals surface area contributed by atoms with E-state index in [-0.39, 0.29) is 16.8 Å². The largest absolute Gasteiger partial charge is 0.333 e. The van der Waals surface area contributed by atoms with Crippen LogP contribution in [-0.2, 0) is 10.0 Å². The average Bonchev–Trinajstić information content (AvgIpc) is 2.62. The predicted octanol–water partition coefficient (Wildman–Crippen LogP) is 1.30. The smallest absolute Gasteiger partial charge is 0.254 e. The summed E-state index contributed by atoms with van der Waals surface area (Å²) in [6.07, 6.45) is 2.87. The number of hydrogen-bond acceptors (Lipinski definition) is 4. The summed E-state index contributed by atoms with van der Waals surface area (Å²) in [7, 11) is -3.51. The van der Waals surface area contributed by atoms with Gasteiger partial charge in [0.15, 0.2) is 0 Å². The monoisotopic (exact) mass is 351 g/mol. The van der Waals surface area contributed by atoms with E-state index in [2.05, 4.69) is 5.32 Å². The summed E-state index contributed by atoms with van der Waals surface area (Å²) in [5, 5.41) is 3.25. The summed E-state index contributed by atoms with van der Waals surface area (Å²) in [5.74, 6) is -0.0975. The van der Waals surface area contributed by atoms with E-state index in [0.717, 1.165) is 32.4 Å². The molecule has 1 aromatic carbocycles. The molecule has 24 heavy (non-hydrogen) atoms. The first-order valence-corrected chi connectivity index (χ1v) is 10.1. The quantitative estimate of drug-likeness (QED) is 0.891. The Balaban J connectivity index is 1.84. The van der Waals surface area contributed by atoms with Crippen LogP contribution in [0.4, 0.5) is 0 Å². The van der Waals surface area contributed by atoms with Gasteiger partial charge in [-0.05, 0) is 38.0 Å². The molecule has 2 aliphatic heterocycles. The van der Waals surface area contributed by atoms with Crippen LogP contribution in [0.25, 0.3) is 0 Å². The summed E-state index contributed by atoms with van der Waals surface area (Å²) >= 11 is 0. The number of carbonyl (C=O) groups excluding carboxylic acids is 1. The third-order valence-corrected chi connectivity index (χ3v) is 6.69. The maximum absolute atomic E-state index is 12.8. The Morgan fingerprint density at radius 1 is 1.17 bits per heavy atom. The van der Waals surface area contributed by atoms with Crippen LogP contribution in [0.5, 0.6) is 0 Å². The number of hydrogen-bond donors (Lipinski definition) is 1. The first-order valence-electron chi connectivity index (χ1n) is 8.62. The van der Waals surface area contributed by atoms with Crippen molar-refractivity contribution in [2.45, 2.75) is 37.1 Å². The van der Waals surface area contributed by atoms with Gasteiger partial charge in [0, 0.05) is 44.3 Å². The van der Waals surface area contributed by atoms with Crippen LogP contribution < -0.4 is 5.32 Å². The molecule has 1 atom stereocenters. The first-order chi connectivity index (χ1) is 11.5. The number of piperazine rings is 1. The number of piperidine rings is 1. The van der Waals surface area contributed by atoms with E-state index in [4.69, 9.17) is 0 Å². The van der Waals surface area contributed by atoms with Crippen LogP contribution in [0, 0.1) is 0 Å². The summed E-state index contributed by atoms with van der Waals surface area (Å²) in [5.41, 5.74) is 0.446. The normalized spacial score (nSPS) is 23.2. The molecule has 1 N–H and O–H groups in total. The Kier molecular flexibility index (Phi) is 5.22. The van der Waals surface area contributed by atoms with E-state index in [1.54, 1.807) is 18.2 Å². The second-order valence-corrected chi connectivity index (χ2v) is 8.48. The molecule has 0 saturated carbocycles. The zero-order chi connectivity index (χ0) is 17.2. The Labute approximate surface area is 143 Å². The molecule has 6 nitrogen and oxygen atoms in total. The molecular weight excluding hydrogens is 326 g/mol. The zero-order valence-electron chi connectivity index (χ0n) is 14.1. The number of rotatable bonds is 3. The van der Waals surface area contributed by atoms with E-state index in [9.17, 15) is 13.2 Å². The van der Waals surface area contributed by atoms with Gasteiger partial charge < -0.3 is 10.2 Å². The van der Waals surface area contributed by atoms with E-state index < -0.39 is 10.0 Å². The molecule has 1 aromatic rings. The molecule has 1 amide bonds. The number of nitrogens with one attached hydrogen (secondary N) is 1. The van der Waals surface area contributed by atoms with Gasteiger partial charge in [-0.2, -0.15) is 4.31 Å². The Bertz CT molecular complexity index is 699. The van der Waals surface area contributed by atoms with Gasteiger partial charge >= 0.3 is 0 Å². The molecule has 2 aliphatic rings. The van der Waals surface area contributed by atoms with Gasteiger partial charge in [-0.25, -0.2) is 8.42 Å². The highest BCUT2D eigenvalue weighted by Crippen LogP contribution is 2.22. The number of nitrogens with zero attached hydrogens (tertiary/aromatic N) is 2. The van der Waals surface area contributed by atoms with Gasteiger partial charge in [0.25, 0.3) is 5.91 Å². The van der Waals surface area contributed by atoms with E-state index in [1.807, 2.05) is 11.8 Å².